The SMILES string of the molecule is CC(C)(O)c1ccc2c(c1)CCC1C(C)(C)CC(O)CC21C. The summed E-state index contributed by atoms with van der Waals surface area (Å²) < 4.78 is 0. The smallest absolute Gasteiger partial charge is 0.0840 e. The van der Waals surface area contributed by atoms with E-state index in [1.807, 2.05) is 13.8 Å². The van der Waals surface area contributed by atoms with Gasteiger partial charge in [-0.1, -0.05) is 39.0 Å². The van der Waals surface area contributed by atoms with Gasteiger partial charge in [-0.2, -0.15) is 0 Å². The molecule has 3 unspecified atom stereocenters. The van der Waals surface area contributed by atoms with Gasteiger partial charge < -0.3 is 10.2 Å². The number of benzene rings is 1. The van der Waals surface area contributed by atoms with E-state index in [1.165, 1.54) is 17.5 Å². The van der Waals surface area contributed by atoms with Crippen molar-refractivity contribution in [1.82, 2.24) is 0 Å². The Balaban J connectivity index is 2.08. The molecule has 2 aliphatic rings. The summed E-state index contributed by atoms with van der Waals surface area (Å²) in [4.78, 5) is 0. The van der Waals surface area contributed by atoms with Gasteiger partial charge in [0, 0.05) is 0 Å². The van der Waals surface area contributed by atoms with Gasteiger partial charge in [0.2, 0.25) is 0 Å². The molecule has 3 atom stereocenters. The van der Waals surface area contributed by atoms with E-state index in [1.54, 1.807) is 0 Å². The van der Waals surface area contributed by atoms with Crippen LogP contribution in [0.5, 0.6) is 0 Å². The van der Waals surface area contributed by atoms with Crippen LogP contribution in [-0.4, -0.2) is 16.3 Å². The molecule has 2 heteroatoms. The summed E-state index contributed by atoms with van der Waals surface area (Å²) in [5.41, 5.74) is 3.18. The van der Waals surface area contributed by atoms with Crippen molar-refractivity contribution in [2.75, 3.05) is 0 Å². The molecular formula is C20H30O2. The molecule has 1 saturated carbocycles. The molecule has 0 aliphatic heterocycles. The standard InChI is InChI=1S/C20H30O2/c1-18(2)11-15(21)12-20(5)16-8-7-14(19(3,4)22)10-13(16)6-9-17(18)20/h7-8,10,15,17,21-22H,6,9,11-12H2,1-5H3. The van der Waals surface area contributed by atoms with Crippen molar-refractivity contribution in [1.29, 1.82) is 0 Å². The van der Waals surface area contributed by atoms with E-state index >= 15 is 0 Å². The highest BCUT2D eigenvalue weighted by Crippen LogP contribution is 2.57. The number of aryl methyl sites for hydroxylation is 1. The predicted molar refractivity (Wildman–Crippen MR) is 89.9 cm³/mol. The van der Waals surface area contributed by atoms with Crippen LogP contribution < -0.4 is 0 Å². The Bertz CT molecular complexity index is 582. The molecule has 1 fully saturated rings. The maximum absolute atomic E-state index is 10.4. The Morgan fingerprint density at radius 3 is 2.45 bits per heavy atom. The molecule has 2 N–H and O–H groups in total. The fraction of sp³-hybridized carbons (Fsp3) is 0.700. The zero-order chi connectivity index (χ0) is 16.3. The molecule has 0 saturated heterocycles. The highest BCUT2D eigenvalue weighted by atomic mass is 16.3. The van der Waals surface area contributed by atoms with E-state index in [2.05, 4.69) is 39.0 Å². The van der Waals surface area contributed by atoms with Crippen LogP contribution in [0.4, 0.5) is 0 Å². The number of aliphatic hydroxyl groups excluding tert-OH is 1. The van der Waals surface area contributed by atoms with Gasteiger partial charge in [0.05, 0.1) is 11.7 Å². The van der Waals surface area contributed by atoms with Gasteiger partial charge in [0.1, 0.15) is 0 Å². The largest absolute Gasteiger partial charge is 0.393 e. The summed E-state index contributed by atoms with van der Waals surface area (Å²) in [6.07, 6.45) is 3.81. The van der Waals surface area contributed by atoms with Crippen molar-refractivity contribution < 1.29 is 10.2 Å². The highest BCUT2D eigenvalue weighted by molar-refractivity contribution is 5.42. The van der Waals surface area contributed by atoms with Gasteiger partial charge >= 0.3 is 0 Å². The molecule has 2 nitrogen and oxygen atoms in total. The Hall–Kier alpha value is -0.860. The monoisotopic (exact) mass is 302 g/mol. The molecule has 0 radical (unpaired) electrons. The van der Waals surface area contributed by atoms with Crippen LogP contribution in [-0.2, 0) is 17.4 Å². The first-order chi connectivity index (χ1) is 10.0. The zero-order valence-corrected chi connectivity index (χ0v) is 14.6. The van der Waals surface area contributed by atoms with Crippen molar-refractivity contribution in [3.63, 3.8) is 0 Å². The van der Waals surface area contributed by atoms with Crippen LogP contribution in [0.3, 0.4) is 0 Å². The van der Waals surface area contributed by atoms with E-state index in [-0.39, 0.29) is 16.9 Å². The number of hydrogen-bond acceptors (Lipinski definition) is 2. The minimum atomic E-state index is -0.794. The first-order valence-electron chi connectivity index (χ1n) is 8.58. The highest BCUT2D eigenvalue weighted by Gasteiger charge is 2.52. The summed E-state index contributed by atoms with van der Waals surface area (Å²) >= 11 is 0. The molecule has 0 bridgehead atoms. The van der Waals surface area contributed by atoms with E-state index in [0.29, 0.717) is 5.92 Å². The Kier molecular flexibility index (Phi) is 3.51. The van der Waals surface area contributed by atoms with Crippen molar-refractivity contribution in [3.8, 4) is 0 Å². The van der Waals surface area contributed by atoms with Crippen LogP contribution in [0, 0.1) is 11.3 Å². The van der Waals surface area contributed by atoms with E-state index in [4.69, 9.17) is 0 Å². The van der Waals surface area contributed by atoms with Crippen LogP contribution in [0.2, 0.25) is 0 Å². The predicted octanol–water partition coefficient (Wildman–Crippen LogP) is 3.92. The number of rotatable bonds is 1. The molecule has 122 valence electrons. The third-order valence-electron chi connectivity index (χ3n) is 6.26. The van der Waals surface area contributed by atoms with Crippen molar-refractivity contribution in [3.05, 3.63) is 34.9 Å². The summed E-state index contributed by atoms with van der Waals surface area (Å²) in [6, 6.07) is 6.47. The molecule has 0 aromatic heterocycles. The number of aliphatic hydroxyl groups is 2. The second-order valence-electron chi connectivity index (χ2n) is 8.99. The third kappa shape index (κ3) is 2.41. The maximum atomic E-state index is 10.4. The molecule has 1 aromatic carbocycles. The number of fused-ring (bicyclic) bond motifs is 3. The summed E-state index contributed by atoms with van der Waals surface area (Å²) in [5, 5.41) is 20.7. The quantitative estimate of drug-likeness (QED) is 0.825. The van der Waals surface area contributed by atoms with E-state index in [9.17, 15) is 10.2 Å². The lowest BCUT2D eigenvalue weighted by atomic mass is 9.49. The van der Waals surface area contributed by atoms with Gasteiger partial charge in [0.25, 0.3) is 0 Å². The Labute approximate surface area is 134 Å². The lowest BCUT2D eigenvalue weighted by Gasteiger charge is -2.55. The summed E-state index contributed by atoms with van der Waals surface area (Å²) in [7, 11) is 0. The first-order valence-corrected chi connectivity index (χ1v) is 8.58. The minimum absolute atomic E-state index is 0.0485. The molecule has 22 heavy (non-hydrogen) atoms. The Morgan fingerprint density at radius 1 is 1.14 bits per heavy atom. The van der Waals surface area contributed by atoms with Gasteiger partial charge in [-0.3, -0.25) is 0 Å². The van der Waals surface area contributed by atoms with Gasteiger partial charge in [-0.05, 0) is 73.0 Å². The average molecular weight is 302 g/mol. The molecule has 0 heterocycles. The molecule has 3 rings (SSSR count). The van der Waals surface area contributed by atoms with Gasteiger partial charge in [0.15, 0.2) is 0 Å². The first kappa shape index (κ1) is 16.0. The second-order valence-corrected chi connectivity index (χ2v) is 8.99. The maximum Gasteiger partial charge on any atom is 0.0840 e. The molecule has 0 spiro atoms. The fourth-order valence-electron chi connectivity index (χ4n) is 5.36. The zero-order valence-electron chi connectivity index (χ0n) is 14.6. The lowest BCUT2D eigenvalue weighted by Crippen LogP contribution is -2.52. The Morgan fingerprint density at radius 2 is 1.82 bits per heavy atom. The molecular weight excluding hydrogens is 272 g/mol. The summed E-state index contributed by atoms with van der Waals surface area (Å²) in [6.45, 7) is 10.7. The van der Waals surface area contributed by atoms with Crippen LogP contribution in [0.25, 0.3) is 0 Å². The fourth-order valence-corrected chi connectivity index (χ4v) is 5.36. The molecule has 0 amide bonds. The third-order valence-corrected chi connectivity index (χ3v) is 6.26. The van der Waals surface area contributed by atoms with E-state index < -0.39 is 5.60 Å². The topological polar surface area (TPSA) is 40.5 Å². The van der Waals surface area contributed by atoms with Crippen molar-refractivity contribution >= 4 is 0 Å². The van der Waals surface area contributed by atoms with Crippen molar-refractivity contribution in [2.24, 2.45) is 11.3 Å². The average Bonchev–Trinajstić information content (AvgIpc) is 2.34. The molecule has 2 aliphatic carbocycles. The lowest BCUT2D eigenvalue weighted by molar-refractivity contribution is -0.0385. The van der Waals surface area contributed by atoms with Crippen molar-refractivity contribution in [2.45, 2.75) is 77.4 Å². The van der Waals surface area contributed by atoms with E-state index in [0.717, 1.165) is 24.8 Å². The van der Waals surface area contributed by atoms with Crippen LogP contribution >= 0.6 is 0 Å². The minimum Gasteiger partial charge on any atom is -0.393 e. The normalized spacial score (nSPS) is 34.0. The second kappa shape index (κ2) is 4.82. The number of hydrogen-bond donors (Lipinski definition) is 2. The molecule has 1 aromatic rings. The van der Waals surface area contributed by atoms with Gasteiger partial charge in [-0.25, -0.2) is 0 Å². The van der Waals surface area contributed by atoms with Crippen LogP contribution in [0.15, 0.2) is 18.2 Å². The summed E-state index contributed by atoms with van der Waals surface area (Å²) in [5.74, 6) is 0.615. The van der Waals surface area contributed by atoms with Crippen LogP contribution in [0.1, 0.15) is 70.6 Å². The van der Waals surface area contributed by atoms with Gasteiger partial charge in [-0.15, -0.1) is 0 Å².